The van der Waals surface area contributed by atoms with Crippen molar-refractivity contribution in [2.24, 2.45) is 5.73 Å². The van der Waals surface area contributed by atoms with Crippen LogP contribution in [-0.4, -0.2) is 24.7 Å². The normalized spacial score (nSPS) is 29.4. The lowest BCUT2D eigenvalue weighted by molar-refractivity contribution is 0.185. The van der Waals surface area contributed by atoms with Gasteiger partial charge >= 0.3 is 0 Å². The summed E-state index contributed by atoms with van der Waals surface area (Å²) in [4.78, 5) is 2.11. The largest absolute Gasteiger partial charge is 0.399 e. The van der Waals surface area contributed by atoms with E-state index in [4.69, 9.17) is 5.73 Å². The van der Waals surface area contributed by atoms with E-state index in [2.05, 4.69) is 17.1 Å². The molecule has 3 N–H and O–H groups in total. The number of likely N-dealkylation sites (N-methyl/N-ethyl adjacent to an activating group) is 1. The van der Waals surface area contributed by atoms with Crippen LogP contribution in [0.1, 0.15) is 13.8 Å². The Morgan fingerprint density at radius 2 is 2.08 bits per heavy atom. The Labute approximate surface area is 73.9 Å². The highest BCUT2D eigenvalue weighted by molar-refractivity contribution is 5.32. The molecule has 68 valence electrons. The fourth-order valence-electron chi connectivity index (χ4n) is 1.27. The van der Waals surface area contributed by atoms with Gasteiger partial charge in [0.05, 0.1) is 0 Å². The van der Waals surface area contributed by atoms with Gasteiger partial charge in [0.2, 0.25) is 0 Å². The average molecular weight is 167 g/mol. The van der Waals surface area contributed by atoms with Crippen LogP contribution in [0.25, 0.3) is 0 Å². The fraction of sp³-hybridized carbons (Fsp3) is 0.556. The van der Waals surface area contributed by atoms with Crippen molar-refractivity contribution in [3.05, 3.63) is 23.5 Å². The number of allylic oxidation sites excluding steroid dienone is 1. The van der Waals surface area contributed by atoms with Gasteiger partial charge in [-0.05, 0) is 39.6 Å². The maximum Gasteiger partial charge on any atom is 0.111 e. The maximum absolute atomic E-state index is 5.82. The minimum atomic E-state index is -0.140. The molecule has 1 rings (SSSR count). The van der Waals surface area contributed by atoms with Crippen LogP contribution < -0.4 is 11.1 Å². The molecule has 1 unspecified atom stereocenters. The second-order valence-electron chi connectivity index (χ2n) is 3.52. The van der Waals surface area contributed by atoms with Gasteiger partial charge in [0, 0.05) is 11.9 Å². The molecule has 0 aromatic carbocycles. The molecule has 1 aliphatic rings. The minimum Gasteiger partial charge on any atom is -0.399 e. The summed E-state index contributed by atoms with van der Waals surface area (Å²) in [6.45, 7) is 4.16. The minimum absolute atomic E-state index is 0.140. The van der Waals surface area contributed by atoms with E-state index >= 15 is 0 Å². The summed E-state index contributed by atoms with van der Waals surface area (Å²) in [5.41, 5.74) is 7.69. The molecule has 1 heterocycles. The lowest BCUT2D eigenvalue weighted by Gasteiger charge is -2.40. The van der Waals surface area contributed by atoms with Crippen molar-refractivity contribution < 1.29 is 0 Å². The molecule has 0 radical (unpaired) electrons. The number of nitrogens with two attached hydrogens (primary N) is 1. The van der Waals surface area contributed by atoms with Crippen LogP contribution >= 0.6 is 0 Å². The molecule has 0 fully saturated rings. The zero-order valence-corrected chi connectivity index (χ0v) is 8.18. The number of nitrogens with zero attached hydrogens (tertiary/aromatic N) is 1. The number of rotatable bonds is 1. The van der Waals surface area contributed by atoms with Crippen LogP contribution in [0.3, 0.4) is 0 Å². The van der Waals surface area contributed by atoms with E-state index in [0.29, 0.717) is 0 Å². The van der Waals surface area contributed by atoms with E-state index in [9.17, 15) is 0 Å². The molecule has 0 saturated carbocycles. The van der Waals surface area contributed by atoms with Gasteiger partial charge < -0.3 is 11.1 Å². The molecule has 3 nitrogen and oxygen atoms in total. The second kappa shape index (κ2) is 2.83. The predicted molar refractivity (Wildman–Crippen MR) is 51.3 cm³/mol. The molecule has 0 aromatic heterocycles. The SMILES string of the molecule is CC1=C(N)C=CNC1(C)N(C)C. The van der Waals surface area contributed by atoms with Crippen molar-refractivity contribution in [3.8, 4) is 0 Å². The molecule has 0 saturated heterocycles. The van der Waals surface area contributed by atoms with Crippen LogP contribution in [0, 0.1) is 0 Å². The number of hydrogen-bond acceptors (Lipinski definition) is 3. The van der Waals surface area contributed by atoms with Crippen LogP contribution in [-0.2, 0) is 0 Å². The zero-order chi connectivity index (χ0) is 9.35. The summed E-state index contributed by atoms with van der Waals surface area (Å²) in [6, 6.07) is 0. The van der Waals surface area contributed by atoms with E-state index in [1.165, 1.54) is 0 Å². The Bertz CT molecular complexity index is 240. The zero-order valence-electron chi connectivity index (χ0n) is 8.18. The van der Waals surface area contributed by atoms with Gasteiger partial charge in [-0.2, -0.15) is 0 Å². The Balaban J connectivity index is 3.03. The summed E-state index contributed by atoms with van der Waals surface area (Å²) >= 11 is 0. The van der Waals surface area contributed by atoms with Crippen molar-refractivity contribution in [2.75, 3.05) is 14.1 Å². The van der Waals surface area contributed by atoms with E-state index < -0.39 is 0 Å². The summed E-state index contributed by atoms with van der Waals surface area (Å²) in [5.74, 6) is 0. The van der Waals surface area contributed by atoms with Crippen molar-refractivity contribution >= 4 is 0 Å². The van der Waals surface area contributed by atoms with Gasteiger partial charge in [0.1, 0.15) is 5.66 Å². The molecule has 0 bridgehead atoms. The molecular formula is C9H17N3. The van der Waals surface area contributed by atoms with E-state index in [-0.39, 0.29) is 5.66 Å². The first-order valence-corrected chi connectivity index (χ1v) is 4.07. The molecule has 3 heteroatoms. The molecule has 1 atom stereocenters. The van der Waals surface area contributed by atoms with Gasteiger partial charge in [0.25, 0.3) is 0 Å². The third-order valence-corrected chi connectivity index (χ3v) is 2.68. The topological polar surface area (TPSA) is 41.3 Å². The number of nitrogens with one attached hydrogen (secondary N) is 1. The average Bonchev–Trinajstić information content (AvgIpc) is 2.00. The number of dihydropyridines is 1. The van der Waals surface area contributed by atoms with Crippen LogP contribution in [0.5, 0.6) is 0 Å². The standard InChI is InChI=1S/C9H17N3/c1-7-8(10)5-6-11-9(7,2)12(3)4/h5-6,11H,10H2,1-4H3. The molecule has 1 aliphatic heterocycles. The quantitative estimate of drug-likeness (QED) is 0.601. The molecule has 0 aliphatic carbocycles. The van der Waals surface area contributed by atoms with E-state index in [1.54, 1.807) is 0 Å². The first kappa shape index (κ1) is 9.13. The molecule has 0 aromatic rings. The maximum atomic E-state index is 5.82. The Morgan fingerprint density at radius 3 is 2.50 bits per heavy atom. The smallest absolute Gasteiger partial charge is 0.111 e. The predicted octanol–water partition coefficient (Wildman–Crippen LogP) is 0.614. The fourth-order valence-corrected chi connectivity index (χ4v) is 1.27. The third-order valence-electron chi connectivity index (χ3n) is 2.68. The summed E-state index contributed by atoms with van der Waals surface area (Å²) < 4.78 is 0. The summed E-state index contributed by atoms with van der Waals surface area (Å²) in [6.07, 6.45) is 3.78. The van der Waals surface area contributed by atoms with Gasteiger partial charge in [-0.1, -0.05) is 0 Å². The Hall–Kier alpha value is -0.960. The lowest BCUT2D eigenvalue weighted by atomic mass is 9.97. The Morgan fingerprint density at radius 1 is 1.50 bits per heavy atom. The highest BCUT2D eigenvalue weighted by Crippen LogP contribution is 2.23. The van der Waals surface area contributed by atoms with Crippen molar-refractivity contribution in [2.45, 2.75) is 19.5 Å². The lowest BCUT2D eigenvalue weighted by Crippen LogP contribution is -2.54. The second-order valence-corrected chi connectivity index (χ2v) is 3.52. The molecule has 0 spiro atoms. The van der Waals surface area contributed by atoms with Gasteiger partial charge in [-0.15, -0.1) is 0 Å². The Kier molecular flexibility index (Phi) is 2.15. The van der Waals surface area contributed by atoms with Crippen molar-refractivity contribution in [1.82, 2.24) is 10.2 Å². The highest BCUT2D eigenvalue weighted by atomic mass is 15.3. The first-order valence-electron chi connectivity index (χ1n) is 4.07. The van der Waals surface area contributed by atoms with Crippen LogP contribution in [0.2, 0.25) is 0 Å². The van der Waals surface area contributed by atoms with Crippen LogP contribution in [0.4, 0.5) is 0 Å². The molecule has 0 amide bonds. The van der Waals surface area contributed by atoms with Crippen molar-refractivity contribution in [3.63, 3.8) is 0 Å². The first-order chi connectivity index (χ1) is 5.48. The van der Waals surface area contributed by atoms with E-state index in [0.717, 1.165) is 11.3 Å². The van der Waals surface area contributed by atoms with E-state index in [1.807, 2.05) is 33.3 Å². The van der Waals surface area contributed by atoms with Gasteiger partial charge in [-0.3, -0.25) is 4.90 Å². The van der Waals surface area contributed by atoms with Gasteiger partial charge in [0.15, 0.2) is 0 Å². The van der Waals surface area contributed by atoms with Crippen molar-refractivity contribution in [1.29, 1.82) is 0 Å². The highest BCUT2D eigenvalue weighted by Gasteiger charge is 2.30. The molecular weight excluding hydrogens is 150 g/mol. The summed E-state index contributed by atoms with van der Waals surface area (Å²) in [5, 5.41) is 3.28. The van der Waals surface area contributed by atoms with Gasteiger partial charge in [-0.25, -0.2) is 0 Å². The third kappa shape index (κ3) is 1.20. The van der Waals surface area contributed by atoms with Crippen LogP contribution in [0.15, 0.2) is 23.5 Å². The molecule has 12 heavy (non-hydrogen) atoms. The summed E-state index contributed by atoms with van der Waals surface area (Å²) in [7, 11) is 4.06. The monoisotopic (exact) mass is 167 g/mol. The number of hydrogen-bond donors (Lipinski definition) is 2.